The van der Waals surface area contributed by atoms with Crippen molar-refractivity contribution < 1.29 is 13.9 Å². The Morgan fingerprint density at radius 2 is 1.95 bits per heavy atom. The zero-order valence-corrected chi connectivity index (χ0v) is 13.4. The SMILES string of the molecule is COc1cccc(CN(C)C(=O)CSc2ccc(F)cc2)c1. The Morgan fingerprint density at radius 1 is 1.23 bits per heavy atom. The number of nitrogens with zero attached hydrogens (tertiary/aromatic N) is 1. The number of thioether (sulfide) groups is 1. The molecule has 2 aromatic carbocycles. The molecule has 0 unspecified atom stereocenters. The third-order valence-corrected chi connectivity index (χ3v) is 4.15. The molecule has 0 bridgehead atoms. The van der Waals surface area contributed by atoms with Crippen LogP contribution in [0.4, 0.5) is 4.39 Å². The molecule has 0 spiro atoms. The number of ether oxygens (including phenoxy) is 1. The monoisotopic (exact) mass is 319 g/mol. The maximum absolute atomic E-state index is 12.8. The highest BCUT2D eigenvalue weighted by Crippen LogP contribution is 2.19. The van der Waals surface area contributed by atoms with Gasteiger partial charge in [-0.15, -0.1) is 11.8 Å². The van der Waals surface area contributed by atoms with Gasteiger partial charge >= 0.3 is 0 Å². The van der Waals surface area contributed by atoms with E-state index in [1.54, 1.807) is 31.2 Å². The van der Waals surface area contributed by atoms with Crippen LogP contribution in [0.2, 0.25) is 0 Å². The Bertz CT molecular complexity index is 631. The Hall–Kier alpha value is -2.01. The van der Waals surface area contributed by atoms with Gasteiger partial charge in [0.2, 0.25) is 5.91 Å². The van der Waals surface area contributed by atoms with Gasteiger partial charge in [-0.3, -0.25) is 4.79 Å². The lowest BCUT2D eigenvalue weighted by atomic mass is 10.2. The summed E-state index contributed by atoms with van der Waals surface area (Å²) in [5.74, 6) is 0.855. The van der Waals surface area contributed by atoms with E-state index in [4.69, 9.17) is 4.74 Å². The molecule has 116 valence electrons. The molecule has 0 heterocycles. The smallest absolute Gasteiger partial charge is 0.232 e. The minimum absolute atomic E-state index is 0.0251. The summed E-state index contributed by atoms with van der Waals surface area (Å²) in [6.07, 6.45) is 0. The molecule has 2 aromatic rings. The van der Waals surface area contributed by atoms with Gasteiger partial charge in [-0.05, 0) is 42.0 Å². The van der Waals surface area contributed by atoms with Crippen molar-refractivity contribution in [3.8, 4) is 5.75 Å². The summed E-state index contributed by atoms with van der Waals surface area (Å²) in [5, 5.41) is 0. The summed E-state index contributed by atoms with van der Waals surface area (Å²) < 4.78 is 18.0. The van der Waals surface area contributed by atoms with Gasteiger partial charge in [0.15, 0.2) is 0 Å². The summed E-state index contributed by atoms with van der Waals surface area (Å²) in [6.45, 7) is 0.528. The number of carbonyl (C=O) groups is 1. The van der Waals surface area contributed by atoms with Gasteiger partial charge in [0.1, 0.15) is 11.6 Å². The van der Waals surface area contributed by atoms with E-state index >= 15 is 0 Å². The molecular weight excluding hydrogens is 301 g/mol. The first-order valence-corrected chi connectivity index (χ1v) is 7.82. The van der Waals surface area contributed by atoms with Gasteiger partial charge in [-0.25, -0.2) is 4.39 Å². The van der Waals surface area contributed by atoms with E-state index in [2.05, 4.69) is 0 Å². The van der Waals surface area contributed by atoms with Crippen LogP contribution in [-0.2, 0) is 11.3 Å². The normalized spacial score (nSPS) is 10.3. The van der Waals surface area contributed by atoms with Crippen LogP contribution in [0.25, 0.3) is 0 Å². The molecule has 5 heteroatoms. The summed E-state index contributed by atoms with van der Waals surface area (Å²) in [5.41, 5.74) is 1.02. The molecule has 0 aliphatic carbocycles. The first-order valence-electron chi connectivity index (χ1n) is 6.84. The molecule has 0 fully saturated rings. The van der Waals surface area contributed by atoms with Crippen molar-refractivity contribution in [3.05, 3.63) is 59.9 Å². The minimum Gasteiger partial charge on any atom is -0.497 e. The van der Waals surface area contributed by atoms with Crippen LogP contribution in [0.1, 0.15) is 5.56 Å². The van der Waals surface area contributed by atoms with Crippen molar-refractivity contribution in [2.75, 3.05) is 19.9 Å². The van der Waals surface area contributed by atoms with Crippen LogP contribution in [-0.4, -0.2) is 30.7 Å². The highest BCUT2D eigenvalue weighted by Gasteiger charge is 2.10. The number of hydrogen-bond acceptors (Lipinski definition) is 3. The number of rotatable bonds is 6. The second-order valence-electron chi connectivity index (χ2n) is 4.84. The van der Waals surface area contributed by atoms with Gasteiger partial charge in [0.25, 0.3) is 0 Å². The summed E-state index contributed by atoms with van der Waals surface area (Å²) in [7, 11) is 3.39. The number of carbonyl (C=O) groups excluding carboxylic acids is 1. The number of hydrogen-bond donors (Lipinski definition) is 0. The fraction of sp³-hybridized carbons (Fsp3) is 0.235. The second-order valence-corrected chi connectivity index (χ2v) is 5.89. The van der Waals surface area contributed by atoms with Crippen LogP contribution < -0.4 is 4.74 Å². The third-order valence-electron chi connectivity index (χ3n) is 3.16. The van der Waals surface area contributed by atoms with Crippen LogP contribution in [0.3, 0.4) is 0 Å². The van der Waals surface area contributed by atoms with Crippen molar-refractivity contribution in [2.24, 2.45) is 0 Å². The minimum atomic E-state index is -0.272. The Balaban J connectivity index is 1.87. The maximum Gasteiger partial charge on any atom is 0.232 e. The van der Waals surface area contributed by atoms with Gasteiger partial charge in [0.05, 0.1) is 12.9 Å². The molecule has 3 nitrogen and oxygen atoms in total. The summed E-state index contributed by atoms with van der Waals surface area (Å²) >= 11 is 1.40. The molecule has 0 aliphatic rings. The fourth-order valence-corrected chi connectivity index (χ4v) is 2.76. The van der Waals surface area contributed by atoms with Gasteiger partial charge in [0, 0.05) is 18.5 Å². The molecule has 0 atom stereocenters. The van der Waals surface area contributed by atoms with Crippen LogP contribution in [0.5, 0.6) is 5.75 Å². The van der Waals surface area contributed by atoms with Crippen molar-refractivity contribution in [1.29, 1.82) is 0 Å². The van der Waals surface area contributed by atoms with Crippen LogP contribution >= 0.6 is 11.8 Å². The van der Waals surface area contributed by atoms with Gasteiger partial charge < -0.3 is 9.64 Å². The topological polar surface area (TPSA) is 29.5 Å². The van der Waals surface area contributed by atoms with E-state index in [1.807, 2.05) is 24.3 Å². The number of benzene rings is 2. The number of halogens is 1. The zero-order valence-electron chi connectivity index (χ0n) is 12.6. The van der Waals surface area contributed by atoms with E-state index in [9.17, 15) is 9.18 Å². The van der Waals surface area contributed by atoms with Crippen molar-refractivity contribution in [3.63, 3.8) is 0 Å². The van der Waals surface area contributed by atoms with E-state index in [-0.39, 0.29) is 11.7 Å². The van der Waals surface area contributed by atoms with Crippen LogP contribution in [0, 0.1) is 5.82 Å². The first-order chi connectivity index (χ1) is 10.6. The Kier molecular flexibility index (Phi) is 5.83. The van der Waals surface area contributed by atoms with E-state index in [1.165, 1.54) is 23.9 Å². The standard InChI is InChI=1S/C17H18FNO2S/c1-19(11-13-4-3-5-15(10-13)21-2)17(20)12-22-16-8-6-14(18)7-9-16/h3-10H,11-12H2,1-2H3. The molecular formula is C17H18FNO2S. The Labute approximate surface area is 134 Å². The van der Waals surface area contributed by atoms with Gasteiger partial charge in [-0.1, -0.05) is 12.1 Å². The molecule has 0 saturated heterocycles. The lowest BCUT2D eigenvalue weighted by Gasteiger charge is -2.17. The molecule has 1 amide bonds. The fourth-order valence-electron chi connectivity index (χ4n) is 1.92. The highest BCUT2D eigenvalue weighted by atomic mass is 32.2. The van der Waals surface area contributed by atoms with Crippen molar-refractivity contribution in [2.45, 2.75) is 11.4 Å². The third kappa shape index (κ3) is 4.77. The average Bonchev–Trinajstić information content (AvgIpc) is 2.54. The summed E-state index contributed by atoms with van der Waals surface area (Å²) in [4.78, 5) is 14.7. The molecule has 0 N–H and O–H groups in total. The predicted octanol–water partition coefficient (Wildman–Crippen LogP) is 3.59. The molecule has 22 heavy (non-hydrogen) atoms. The highest BCUT2D eigenvalue weighted by molar-refractivity contribution is 8.00. The first kappa shape index (κ1) is 16.4. The average molecular weight is 319 g/mol. The van der Waals surface area contributed by atoms with Crippen molar-refractivity contribution >= 4 is 17.7 Å². The predicted molar refractivity (Wildman–Crippen MR) is 86.6 cm³/mol. The lowest BCUT2D eigenvalue weighted by Crippen LogP contribution is -2.27. The Morgan fingerprint density at radius 3 is 2.64 bits per heavy atom. The van der Waals surface area contributed by atoms with E-state index in [0.29, 0.717) is 12.3 Å². The summed E-state index contributed by atoms with van der Waals surface area (Å²) in [6, 6.07) is 13.8. The molecule has 0 saturated carbocycles. The number of amides is 1. The van der Waals surface area contributed by atoms with E-state index in [0.717, 1.165) is 16.2 Å². The zero-order chi connectivity index (χ0) is 15.9. The second kappa shape index (κ2) is 7.84. The van der Waals surface area contributed by atoms with Crippen LogP contribution in [0.15, 0.2) is 53.4 Å². The molecule has 2 rings (SSSR count). The maximum atomic E-state index is 12.8. The lowest BCUT2D eigenvalue weighted by molar-refractivity contribution is -0.127. The van der Waals surface area contributed by atoms with Crippen molar-refractivity contribution in [1.82, 2.24) is 4.90 Å². The van der Waals surface area contributed by atoms with Gasteiger partial charge in [-0.2, -0.15) is 0 Å². The molecule has 0 aliphatic heterocycles. The quantitative estimate of drug-likeness (QED) is 0.762. The largest absolute Gasteiger partial charge is 0.497 e. The van der Waals surface area contributed by atoms with E-state index < -0.39 is 0 Å². The molecule has 0 aromatic heterocycles. The molecule has 0 radical (unpaired) electrons. The number of methoxy groups -OCH3 is 1.